The average Bonchev–Trinajstić information content (AvgIpc) is 3.07. The van der Waals surface area contributed by atoms with Gasteiger partial charge in [0, 0.05) is 12.1 Å². The van der Waals surface area contributed by atoms with E-state index >= 15 is 0 Å². The van der Waals surface area contributed by atoms with Crippen molar-refractivity contribution < 1.29 is 43.9 Å². The summed E-state index contributed by atoms with van der Waals surface area (Å²) in [6.07, 6.45) is 2.12. The first kappa shape index (κ1) is 17.5. The second-order valence-corrected chi connectivity index (χ2v) is 7.07. The molecule has 2 nitrogen and oxygen atoms in total. The first-order chi connectivity index (χ1) is 9.88. The Hall–Kier alpha value is -0.820. The van der Waals surface area contributed by atoms with E-state index < -0.39 is 0 Å². The zero-order valence-corrected chi connectivity index (χ0v) is 16.4. The second-order valence-electron chi connectivity index (χ2n) is 4.79. The molecule has 6 heteroatoms. The van der Waals surface area contributed by atoms with E-state index in [0.717, 1.165) is 12.8 Å². The molecule has 0 amide bonds. The maximum Gasteiger partial charge on any atom is 0.237 e. The maximum absolute atomic E-state index is 3.51. The molecule has 4 aromatic rings. The van der Waals surface area contributed by atoms with Gasteiger partial charge in [0.1, 0.15) is 9.40 Å². The van der Waals surface area contributed by atoms with E-state index in [1.54, 1.807) is 0 Å². The molecule has 0 aliphatic rings. The van der Waals surface area contributed by atoms with Crippen molar-refractivity contribution in [3.63, 3.8) is 0 Å². The molecule has 0 saturated carbocycles. The van der Waals surface area contributed by atoms with Crippen LogP contribution >= 0.6 is 22.7 Å². The molecule has 2 aromatic carbocycles. The van der Waals surface area contributed by atoms with Crippen LogP contribution in [0.3, 0.4) is 0 Å². The third-order valence-corrected chi connectivity index (χ3v) is 5.62. The van der Waals surface area contributed by atoms with Gasteiger partial charge in [0.05, 0.1) is 12.8 Å². The Morgan fingerprint density at radius 3 is 1.45 bits per heavy atom. The number of aromatic amines is 2. The predicted molar refractivity (Wildman–Crippen MR) is 84.2 cm³/mol. The molecule has 0 unspecified atom stereocenters. The van der Waals surface area contributed by atoms with Crippen molar-refractivity contribution in [2.45, 2.75) is 12.8 Å². The van der Waals surface area contributed by atoms with E-state index in [1.807, 2.05) is 22.7 Å². The van der Waals surface area contributed by atoms with Gasteiger partial charge in [-0.15, -0.1) is 0 Å². The minimum Gasteiger partial charge on any atom is -1.00 e. The van der Waals surface area contributed by atoms with Gasteiger partial charge < -0.3 is 34.0 Å². The summed E-state index contributed by atoms with van der Waals surface area (Å²) in [7, 11) is 0. The minimum atomic E-state index is 0. The molecule has 0 saturated heterocycles. The standard InChI is InChI=1S/C16H12N2S2.2BrH/c1-3-7-13-11(5-1)17-15(19-13)9-10-16-18-12-6-2-4-8-14(12)20-16;;/h1-8H,9-10H2;2*1H. The van der Waals surface area contributed by atoms with Gasteiger partial charge in [-0.25, -0.2) is 0 Å². The Labute approximate surface area is 157 Å². The van der Waals surface area contributed by atoms with E-state index in [1.165, 1.54) is 30.4 Å². The molecule has 114 valence electrons. The van der Waals surface area contributed by atoms with Gasteiger partial charge in [0.15, 0.2) is 0 Å². The van der Waals surface area contributed by atoms with Gasteiger partial charge in [-0.3, -0.25) is 0 Å². The van der Waals surface area contributed by atoms with Crippen molar-refractivity contribution in [2.75, 3.05) is 0 Å². The van der Waals surface area contributed by atoms with Crippen molar-refractivity contribution in [1.82, 2.24) is 0 Å². The monoisotopic (exact) mass is 456 g/mol. The molecular formula is C16H14Br2N2S2. The number of H-pyrrole nitrogens is 2. The highest BCUT2D eigenvalue weighted by atomic mass is 79.9. The predicted octanol–water partition coefficient (Wildman–Crippen LogP) is -2.46. The van der Waals surface area contributed by atoms with Gasteiger partial charge in [0.25, 0.3) is 0 Å². The number of thiazole rings is 2. The summed E-state index contributed by atoms with van der Waals surface area (Å²) in [6.45, 7) is 0. The number of hydrogen-bond acceptors (Lipinski definition) is 2. The first-order valence-corrected chi connectivity index (χ1v) is 8.31. The SMILES string of the molecule is [Br-].[Br-].c1ccc2sc(CCc3[nH+]c4ccccc4s3)[nH+]c2c1. The number of rotatable bonds is 3. The Kier molecular flexibility index (Phi) is 6.09. The highest BCUT2D eigenvalue weighted by molar-refractivity contribution is 7.18. The van der Waals surface area contributed by atoms with Crippen molar-refractivity contribution in [3.05, 3.63) is 58.5 Å². The van der Waals surface area contributed by atoms with E-state index in [2.05, 4.69) is 58.5 Å². The highest BCUT2D eigenvalue weighted by Crippen LogP contribution is 2.21. The lowest BCUT2D eigenvalue weighted by Crippen LogP contribution is -3.00. The van der Waals surface area contributed by atoms with Crippen LogP contribution in [-0.4, -0.2) is 0 Å². The molecule has 2 heterocycles. The smallest absolute Gasteiger partial charge is 0.237 e. The summed E-state index contributed by atoms with van der Waals surface area (Å²) >= 11 is 3.72. The Bertz CT molecular complexity index is 746. The molecule has 22 heavy (non-hydrogen) atoms. The number of aryl methyl sites for hydroxylation is 2. The second kappa shape index (κ2) is 7.64. The molecule has 0 bridgehead atoms. The number of fused-ring (bicyclic) bond motifs is 2. The zero-order valence-electron chi connectivity index (χ0n) is 11.6. The number of benzene rings is 2. The summed E-state index contributed by atoms with van der Waals surface area (Å²) in [5.41, 5.74) is 2.49. The average molecular weight is 458 g/mol. The third kappa shape index (κ3) is 3.56. The molecular weight excluding hydrogens is 444 g/mol. The zero-order chi connectivity index (χ0) is 13.4. The van der Waals surface area contributed by atoms with Crippen molar-refractivity contribution in [3.8, 4) is 0 Å². The van der Waals surface area contributed by atoms with Crippen molar-refractivity contribution in [1.29, 1.82) is 0 Å². The maximum atomic E-state index is 3.51. The molecule has 2 N–H and O–H groups in total. The van der Waals surface area contributed by atoms with Crippen LogP contribution in [-0.2, 0) is 12.8 Å². The fourth-order valence-corrected chi connectivity index (χ4v) is 4.40. The first-order valence-electron chi connectivity index (χ1n) is 6.68. The van der Waals surface area contributed by atoms with E-state index in [-0.39, 0.29) is 34.0 Å². The van der Waals surface area contributed by atoms with Crippen molar-refractivity contribution >= 4 is 43.1 Å². The van der Waals surface area contributed by atoms with E-state index in [4.69, 9.17) is 0 Å². The Morgan fingerprint density at radius 2 is 1.05 bits per heavy atom. The van der Waals surface area contributed by atoms with Gasteiger partial charge in [-0.05, 0) is 12.1 Å². The van der Waals surface area contributed by atoms with Gasteiger partial charge in [-0.1, -0.05) is 46.9 Å². The minimum absolute atomic E-state index is 0. The van der Waals surface area contributed by atoms with Crippen LogP contribution in [0.5, 0.6) is 0 Å². The quantitative estimate of drug-likeness (QED) is 0.326. The topological polar surface area (TPSA) is 28.3 Å². The van der Waals surface area contributed by atoms with E-state index in [9.17, 15) is 0 Å². The van der Waals surface area contributed by atoms with Crippen LogP contribution in [0.15, 0.2) is 48.5 Å². The molecule has 0 aliphatic heterocycles. The van der Waals surface area contributed by atoms with Crippen LogP contribution in [0.2, 0.25) is 0 Å². The molecule has 4 rings (SSSR count). The van der Waals surface area contributed by atoms with Crippen LogP contribution in [0.1, 0.15) is 10.0 Å². The number of para-hydroxylation sites is 2. The number of halogens is 2. The van der Waals surface area contributed by atoms with Crippen LogP contribution in [0, 0.1) is 0 Å². The number of hydrogen-bond donors (Lipinski definition) is 0. The van der Waals surface area contributed by atoms with Gasteiger partial charge in [-0.2, -0.15) is 9.97 Å². The lowest BCUT2D eigenvalue weighted by Gasteiger charge is -1.83. The molecule has 0 radical (unpaired) electrons. The summed E-state index contributed by atoms with van der Waals surface area (Å²) < 4.78 is 2.67. The van der Waals surface area contributed by atoms with Crippen LogP contribution in [0.4, 0.5) is 0 Å². The molecule has 2 aromatic heterocycles. The lowest BCUT2D eigenvalue weighted by atomic mass is 10.3. The third-order valence-electron chi connectivity index (χ3n) is 3.37. The summed E-state index contributed by atoms with van der Waals surface area (Å²) in [5, 5.41) is 2.69. The number of aromatic nitrogens is 2. The number of nitrogens with one attached hydrogen (secondary N) is 2. The largest absolute Gasteiger partial charge is 1.00 e. The fourth-order valence-electron chi connectivity index (χ4n) is 2.39. The van der Waals surface area contributed by atoms with Crippen LogP contribution < -0.4 is 43.9 Å². The van der Waals surface area contributed by atoms with Crippen LogP contribution in [0.25, 0.3) is 20.4 Å². The molecule has 0 aliphatic carbocycles. The fraction of sp³-hybridized carbons (Fsp3) is 0.125. The van der Waals surface area contributed by atoms with Gasteiger partial charge >= 0.3 is 0 Å². The van der Waals surface area contributed by atoms with E-state index in [0.29, 0.717) is 0 Å². The Morgan fingerprint density at radius 1 is 0.636 bits per heavy atom. The Balaban J connectivity index is 0.000000882. The molecule has 0 spiro atoms. The summed E-state index contributed by atoms with van der Waals surface area (Å²) in [5.74, 6) is 0. The lowest BCUT2D eigenvalue weighted by molar-refractivity contribution is -0.358. The van der Waals surface area contributed by atoms with Gasteiger partial charge in [0.2, 0.25) is 21.0 Å². The van der Waals surface area contributed by atoms with Crippen molar-refractivity contribution in [2.24, 2.45) is 0 Å². The molecule has 0 fully saturated rings. The normalized spacial score (nSPS) is 10.4. The molecule has 0 atom stereocenters. The summed E-state index contributed by atoms with van der Waals surface area (Å²) in [4.78, 5) is 7.02. The summed E-state index contributed by atoms with van der Waals surface area (Å²) in [6, 6.07) is 17.0. The highest BCUT2D eigenvalue weighted by Gasteiger charge is 2.15.